The summed E-state index contributed by atoms with van der Waals surface area (Å²) in [7, 11) is 0. The van der Waals surface area contributed by atoms with Gasteiger partial charge in [0.05, 0.1) is 0 Å². The first-order chi connectivity index (χ1) is 14.9. The molecule has 5 nitrogen and oxygen atoms in total. The van der Waals surface area contributed by atoms with E-state index in [1.165, 1.54) is 32.1 Å². The molecule has 4 rings (SSSR count). The highest BCUT2D eigenvalue weighted by Gasteiger charge is 2.65. The van der Waals surface area contributed by atoms with Crippen LogP contribution in [-0.2, 0) is 19.1 Å². The maximum atomic E-state index is 11.7. The van der Waals surface area contributed by atoms with Gasteiger partial charge in [-0.25, -0.2) is 0 Å². The van der Waals surface area contributed by atoms with Crippen molar-refractivity contribution in [2.75, 3.05) is 6.54 Å². The average Bonchev–Trinajstić information content (AvgIpc) is 3.09. The zero-order valence-corrected chi connectivity index (χ0v) is 19.8. The lowest BCUT2D eigenvalue weighted by Gasteiger charge is -2.64. The Morgan fingerprint density at radius 3 is 2.32 bits per heavy atom. The van der Waals surface area contributed by atoms with E-state index in [4.69, 9.17) is 15.2 Å². The van der Waals surface area contributed by atoms with Crippen molar-refractivity contribution in [2.45, 2.75) is 97.2 Å². The van der Waals surface area contributed by atoms with Gasteiger partial charge in [-0.3, -0.25) is 9.59 Å². The molecule has 4 fully saturated rings. The fourth-order valence-corrected chi connectivity index (χ4v) is 9.31. The number of rotatable bonds is 8. The zero-order chi connectivity index (χ0) is 22.2. The number of carbonyl (C=O) groups excluding carboxylic acids is 2. The van der Waals surface area contributed by atoms with Gasteiger partial charge in [0, 0.05) is 5.92 Å². The smallest absolute Gasteiger partial charge is 0.293 e. The lowest BCUT2D eigenvalue weighted by Crippen LogP contribution is -2.62. The first-order valence-electron chi connectivity index (χ1n) is 12.8. The summed E-state index contributed by atoms with van der Waals surface area (Å²) in [5.74, 6) is 3.23. The van der Waals surface area contributed by atoms with E-state index in [1.807, 2.05) is 0 Å². The summed E-state index contributed by atoms with van der Waals surface area (Å²) in [6, 6.07) is 0. The second-order valence-corrected chi connectivity index (χ2v) is 11.6. The van der Waals surface area contributed by atoms with Gasteiger partial charge in [0.15, 0.2) is 0 Å². The molecule has 176 valence electrons. The molecule has 0 saturated heterocycles. The fourth-order valence-electron chi connectivity index (χ4n) is 9.31. The number of nitrogens with two attached hydrogens (primary N) is 1. The Balaban J connectivity index is 1.68. The van der Waals surface area contributed by atoms with Crippen molar-refractivity contribution in [3.63, 3.8) is 0 Å². The maximum Gasteiger partial charge on any atom is 0.293 e. The van der Waals surface area contributed by atoms with E-state index in [0.717, 1.165) is 44.6 Å². The summed E-state index contributed by atoms with van der Waals surface area (Å²) >= 11 is 0. The number of ether oxygens (including phenoxy) is 2. The van der Waals surface area contributed by atoms with Crippen molar-refractivity contribution in [3.05, 3.63) is 0 Å². The standard InChI is InChI=1S/C26H43NO4/c1-4-19-22-14-18(30-15-28)9-11-26(22,3)21-10-12-25(2)17(6-5-13-27)7-8-20(25)23(21)24(19)31-16-29/h15-24H,4-14,27H2,1-3H3/t17-,18+,19+,20-,21-,22-,23-,24+,25+,26+/m0/s1. The van der Waals surface area contributed by atoms with Gasteiger partial charge in [-0.1, -0.05) is 20.8 Å². The predicted molar refractivity (Wildman–Crippen MR) is 120 cm³/mol. The SMILES string of the molecule is CC[C@H]1[C@@H](OC=O)[C@@H]2[C@H](CC[C@]3(C)[C@@H](CCCN)CC[C@@H]23)[C@@]2(C)CC[C@@H](OC=O)C[C@@H]12. The minimum atomic E-state index is -0.00144. The van der Waals surface area contributed by atoms with Gasteiger partial charge in [0.1, 0.15) is 12.2 Å². The monoisotopic (exact) mass is 433 g/mol. The predicted octanol–water partition coefficient (Wildman–Crippen LogP) is 4.71. The molecule has 0 radical (unpaired) electrons. The average molecular weight is 434 g/mol. The number of fused-ring (bicyclic) bond motifs is 5. The quantitative estimate of drug-likeness (QED) is 0.561. The third kappa shape index (κ3) is 3.63. The van der Waals surface area contributed by atoms with E-state index >= 15 is 0 Å². The van der Waals surface area contributed by atoms with Crippen LogP contribution in [0.3, 0.4) is 0 Å². The molecular formula is C26H43NO4. The molecular weight excluding hydrogens is 390 g/mol. The van der Waals surface area contributed by atoms with Crippen molar-refractivity contribution >= 4 is 12.9 Å². The third-order valence-electron chi connectivity index (χ3n) is 10.8. The zero-order valence-electron chi connectivity index (χ0n) is 19.8. The molecule has 0 aromatic heterocycles. The number of carbonyl (C=O) groups is 2. The molecule has 0 amide bonds. The second-order valence-electron chi connectivity index (χ2n) is 11.6. The van der Waals surface area contributed by atoms with Gasteiger partial charge in [0.25, 0.3) is 12.9 Å². The Hall–Kier alpha value is -1.10. The molecule has 0 bridgehead atoms. The Kier molecular flexibility index (Phi) is 6.72. The second kappa shape index (κ2) is 9.03. The molecule has 0 spiro atoms. The van der Waals surface area contributed by atoms with Gasteiger partial charge in [0.2, 0.25) is 0 Å². The molecule has 4 saturated carbocycles. The van der Waals surface area contributed by atoms with Crippen molar-refractivity contribution in [1.82, 2.24) is 0 Å². The molecule has 4 aliphatic rings. The largest absolute Gasteiger partial charge is 0.465 e. The van der Waals surface area contributed by atoms with Gasteiger partial charge in [-0.15, -0.1) is 0 Å². The summed E-state index contributed by atoms with van der Waals surface area (Å²) in [4.78, 5) is 22.7. The van der Waals surface area contributed by atoms with Crippen LogP contribution >= 0.6 is 0 Å². The summed E-state index contributed by atoms with van der Waals surface area (Å²) in [6.07, 6.45) is 11.4. The number of hydrogen-bond donors (Lipinski definition) is 1. The van der Waals surface area contributed by atoms with E-state index < -0.39 is 0 Å². The van der Waals surface area contributed by atoms with E-state index in [1.54, 1.807) is 0 Å². The maximum absolute atomic E-state index is 11.7. The van der Waals surface area contributed by atoms with Crippen molar-refractivity contribution in [1.29, 1.82) is 0 Å². The van der Waals surface area contributed by atoms with E-state index in [9.17, 15) is 9.59 Å². The molecule has 2 N–H and O–H groups in total. The first-order valence-corrected chi connectivity index (χ1v) is 12.8. The lowest BCUT2D eigenvalue weighted by atomic mass is 9.41. The molecule has 5 heteroatoms. The summed E-state index contributed by atoms with van der Waals surface area (Å²) < 4.78 is 11.4. The molecule has 0 heterocycles. The Bertz CT molecular complexity index is 655. The first kappa shape index (κ1) is 23.1. The molecule has 0 aliphatic heterocycles. The fraction of sp³-hybridized carbons (Fsp3) is 0.923. The highest BCUT2D eigenvalue weighted by molar-refractivity contribution is 5.38. The molecule has 0 unspecified atom stereocenters. The van der Waals surface area contributed by atoms with E-state index in [0.29, 0.717) is 47.9 Å². The van der Waals surface area contributed by atoms with Crippen LogP contribution in [0.5, 0.6) is 0 Å². The summed E-state index contributed by atoms with van der Waals surface area (Å²) in [5.41, 5.74) is 6.45. The van der Waals surface area contributed by atoms with Crippen LogP contribution in [0.25, 0.3) is 0 Å². The van der Waals surface area contributed by atoms with Crippen LogP contribution in [0.2, 0.25) is 0 Å². The number of hydrogen-bond acceptors (Lipinski definition) is 5. The van der Waals surface area contributed by atoms with Crippen LogP contribution < -0.4 is 5.73 Å². The van der Waals surface area contributed by atoms with Gasteiger partial charge in [-0.05, 0) is 111 Å². The Morgan fingerprint density at radius 1 is 0.935 bits per heavy atom. The van der Waals surface area contributed by atoms with Crippen LogP contribution in [0.15, 0.2) is 0 Å². The minimum absolute atomic E-state index is 0.00144. The van der Waals surface area contributed by atoms with Crippen molar-refractivity contribution < 1.29 is 19.1 Å². The van der Waals surface area contributed by atoms with Crippen LogP contribution in [-0.4, -0.2) is 31.7 Å². The third-order valence-corrected chi connectivity index (χ3v) is 10.8. The Labute approximate surface area is 188 Å². The van der Waals surface area contributed by atoms with Crippen molar-refractivity contribution in [3.8, 4) is 0 Å². The normalized spacial score (nSPS) is 48.8. The van der Waals surface area contributed by atoms with E-state index in [-0.39, 0.29) is 17.6 Å². The topological polar surface area (TPSA) is 78.6 Å². The lowest BCUT2D eigenvalue weighted by molar-refractivity contribution is -0.212. The molecule has 0 aromatic rings. The molecule has 4 aliphatic carbocycles. The highest BCUT2D eigenvalue weighted by atomic mass is 16.5. The highest BCUT2D eigenvalue weighted by Crippen LogP contribution is 2.69. The van der Waals surface area contributed by atoms with Crippen molar-refractivity contribution in [2.24, 2.45) is 52.1 Å². The van der Waals surface area contributed by atoms with Crippen LogP contribution in [0.4, 0.5) is 0 Å². The summed E-state index contributed by atoms with van der Waals surface area (Å²) in [6.45, 7) is 9.40. The molecule has 0 aromatic carbocycles. The van der Waals surface area contributed by atoms with E-state index in [2.05, 4.69) is 20.8 Å². The molecule has 10 atom stereocenters. The summed E-state index contributed by atoms with van der Waals surface area (Å²) in [5, 5.41) is 0. The Morgan fingerprint density at radius 2 is 1.65 bits per heavy atom. The van der Waals surface area contributed by atoms with Crippen LogP contribution in [0, 0.1) is 46.3 Å². The minimum Gasteiger partial charge on any atom is -0.465 e. The van der Waals surface area contributed by atoms with Gasteiger partial charge in [-0.2, -0.15) is 0 Å². The molecule has 31 heavy (non-hydrogen) atoms. The van der Waals surface area contributed by atoms with Gasteiger partial charge < -0.3 is 15.2 Å². The van der Waals surface area contributed by atoms with Gasteiger partial charge >= 0.3 is 0 Å². The van der Waals surface area contributed by atoms with Crippen LogP contribution in [0.1, 0.15) is 85.0 Å².